The zero-order valence-electron chi connectivity index (χ0n) is 15.7. The van der Waals surface area contributed by atoms with Crippen molar-refractivity contribution in [2.75, 3.05) is 18.9 Å². The Kier molecular flexibility index (Phi) is 5.69. The number of carbonyl (C=O) groups excluding carboxylic acids is 2. The van der Waals surface area contributed by atoms with Crippen LogP contribution in [0.15, 0.2) is 60.8 Å². The standard InChI is InChI=1S/C20H22N6O2/c1-14(18-12-26(24-23-18)17-9-4-3-5-10-17)22-16-8-6-7-15(11-16)20(28)25(2)13-19(21)27/h3-12,14,22H,13H2,1-2H3,(H2,21,27). The first-order valence-corrected chi connectivity index (χ1v) is 8.82. The monoisotopic (exact) mass is 378 g/mol. The Bertz CT molecular complexity index is 970. The second-order valence-corrected chi connectivity index (χ2v) is 6.50. The Labute approximate surface area is 163 Å². The van der Waals surface area contributed by atoms with Gasteiger partial charge in [-0.2, -0.15) is 0 Å². The number of amides is 2. The molecular weight excluding hydrogens is 356 g/mol. The third-order valence-electron chi connectivity index (χ3n) is 4.21. The van der Waals surface area contributed by atoms with E-state index in [0.29, 0.717) is 5.56 Å². The van der Waals surface area contributed by atoms with Crippen molar-refractivity contribution >= 4 is 17.5 Å². The van der Waals surface area contributed by atoms with E-state index in [1.54, 1.807) is 22.9 Å². The van der Waals surface area contributed by atoms with Gasteiger partial charge in [0.2, 0.25) is 5.91 Å². The molecule has 0 saturated heterocycles. The summed E-state index contributed by atoms with van der Waals surface area (Å²) in [7, 11) is 1.54. The quantitative estimate of drug-likeness (QED) is 0.654. The van der Waals surface area contributed by atoms with E-state index in [-0.39, 0.29) is 18.5 Å². The number of hydrogen-bond donors (Lipinski definition) is 2. The number of hydrogen-bond acceptors (Lipinski definition) is 5. The maximum atomic E-state index is 12.4. The Morgan fingerprint density at radius 2 is 1.93 bits per heavy atom. The van der Waals surface area contributed by atoms with Crippen LogP contribution in [-0.4, -0.2) is 45.3 Å². The highest BCUT2D eigenvalue weighted by molar-refractivity contribution is 5.96. The van der Waals surface area contributed by atoms with Crippen molar-refractivity contribution in [1.29, 1.82) is 0 Å². The molecule has 1 unspecified atom stereocenters. The summed E-state index contributed by atoms with van der Waals surface area (Å²) in [5.74, 6) is -0.828. The van der Waals surface area contributed by atoms with Gasteiger partial charge in [-0.1, -0.05) is 29.5 Å². The summed E-state index contributed by atoms with van der Waals surface area (Å²) in [6.45, 7) is 1.84. The lowest BCUT2D eigenvalue weighted by molar-refractivity contribution is -0.118. The van der Waals surface area contributed by atoms with E-state index < -0.39 is 5.91 Å². The van der Waals surface area contributed by atoms with Crippen molar-refractivity contribution in [3.8, 4) is 5.69 Å². The van der Waals surface area contributed by atoms with Crippen LogP contribution in [0.2, 0.25) is 0 Å². The molecule has 0 spiro atoms. The van der Waals surface area contributed by atoms with Gasteiger partial charge >= 0.3 is 0 Å². The zero-order chi connectivity index (χ0) is 20.1. The fourth-order valence-corrected chi connectivity index (χ4v) is 2.77. The van der Waals surface area contributed by atoms with E-state index in [1.165, 1.54) is 11.9 Å². The Hall–Kier alpha value is -3.68. The normalized spacial score (nSPS) is 11.6. The average molecular weight is 378 g/mol. The molecule has 3 aromatic rings. The molecule has 1 aromatic heterocycles. The van der Waals surface area contributed by atoms with Crippen LogP contribution in [-0.2, 0) is 4.79 Å². The molecular formula is C20H22N6O2. The van der Waals surface area contributed by atoms with Crippen molar-refractivity contribution in [1.82, 2.24) is 19.9 Å². The molecule has 1 atom stereocenters. The highest BCUT2D eigenvalue weighted by Gasteiger charge is 2.15. The summed E-state index contributed by atoms with van der Waals surface area (Å²) in [6.07, 6.45) is 1.86. The predicted octanol–water partition coefficient (Wildman–Crippen LogP) is 2.00. The number of nitrogens with one attached hydrogen (secondary N) is 1. The highest BCUT2D eigenvalue weighted by atomic mass is 16.2. The summed E-state index contributed by atoms with van der Waals surface area (Å²) >= 11 is 0. The molecule has 144 valence electrons. The summed E-state index contributed by atoms with van der Waals surface area (Å²) < 4.78 is 1.71. The second-order valence-electron chi connectivity index (χ2n) is 6.50. The number of nitrogens with zero attached hydrogens (tertiary/aromatic N) is 4. The summed E-state index contributed by atoms with van der Waals surface area (Å²) in [5.41, 5.74) is 8.08. The maximum absolute atomic E-state index is 12.4. The molecule has 8 heteroatoms. The Morgan fingerprint density at radius 1 is 1.18 bits per heavy atom. The topological polar surface area (TPSA) is 106 Å². The van der Waals surface area contributed by atoms with E-state index in [2.05, 4.69) is 15.6 Å². The fraction of sp³-hybridized carbons (Fsp3) is 0.200. The third-order valence-corrected chi connectivity index (χ3v) is 4.21. The molecule has 0 radical (unpaired) electrons. The van der Waals surface area contributed by atoms with Crippen LogP contribution in [0.1, 0.15) is 29.0 Å². The van der Waals surface area contributed by atoms with E-state index in [1.807, 2.05) is 49.5 Å². The summed E-state index contributed by atoms with van der Waals surface area (Å²) in [4.78, 5) is 24.7. The van der Waals surface area contributed by atoms with Crippen molar-refractivity contribution in [2.24, 2.45) is 5.73 Å². The van der Waals surface area contributed by atoms with Gasteiger partial charge in [0.1, 0.15) is 5.69 Å². The van der Waals surface area contributed by atoms with Gasteiger partial charge in [-0.25, -0.2) is 4.68 Å². The first-order chi connectivity index (χ1) is 13.4. The van der Waals surface area contributed by atoms with E-state index in [9.17, 15) is 9.59 Å². The molecule has 0 aliphatic rings. The van der Waals surface area contributed by atoms with Crippen LogP contribution in [0, 0.1) is 0 Å². The second kappa shape index (κ2) is 8.34. The minimum Gasteiger partial charge on any atom is -0.377 e. The molecule has 8 nitrogen and oxygen atoms in total. The molecule has 2 aromatic carbocycles. The minimum atomic E-state index is -0.555. The Morgan fingerprint density at radius 3 is 2.64 bits per heavy atom. The number of likely N-dealkylation sites (N-methyl/N-ethyl adjacent to an activating group) is 1. The molecule has 0 aliphatic carbocycles. The molecule has 0 fully saturated rings. The first-order valence-electron chi connectivity index (χ1n) is 8.82. The van der Waals surface area contributed by atoms with Crippen LogP contribution in [0.25, 0.3) is 5.69 Å². The molecule has 2 amide bonds. The zero-order valence-corrected chi connectivity index (χ0v) is 15.7. The SMILES string of the molecule is CC(Nc1cccc(C(=O)N(C)CC(N)=O)c1)c1cn(-c2ccccc2)nn1. The maximum Gasteiger partial charge on any atom is 0.254 e. The lowest BCUT2D eigenvalue weighted by Crippen LogP contribution is -2.35. The molecule has 0 saturated carbocycles. The average Bonchev–Trinajstić information content (AvgIpc) is 3.18. The number of benzene rings is 2. The number of nitrogens with two attached hydrogens (primary N) is 1. The lowest BCUT2D eigenvalue weighted by atomic mass is 10.1. The number of para-hydroxylation sites is 1. The fourth-order valence-electron chi connectivity index (χ4n) is 2.77. The molecule has 0 bridgehead atoms. The number of aromatic nitrogens is 3. The van der Waals surface area contributed by atoms with Crippen LogP contribution >= 0.6 is 0 Å². The van der Waals surface area contributed by atoms with Crippen molar-refractivity contribution in [2.45, 2.75) is 13.0 Å². The van der Waals surface area contributed by atoms with Crippen LogP contribution in [0.5, 0.6) is 0 Å². The Balaban J connectivity index is 1.71. The molecule has 3 rings (SSSR count). The van der Waals surface area contributed by atoms with Gasteiger partial charge in [-0.3, -0.25) is 9.59 Å². The summed E-state index contributed by atoms with van der Waals surface area (Å²) in [5, 5.41) is 11.7. The van der Waals surface area contributed by atoms with Crippen LogP contribution in [0.4, 0.5) is 5.69 Å². The van der Waals surface area contributed by atoms with Gasteiger partial charge in [0.05, 0.1) is 24.5 Å². The molecule has 1 heterocycles. The third kappa shape index (κ3) is 4.53. The van der Waals surface area contributed by atoms with Gasteiger partial charge in [0.15, 0.2) is 0 Å². The van der Waals surface area contributed by atoms with E-state index in [4.69, 9.17) is 5.73 Å². The number of rotatable bonds is 7. The summed E-state index contributed by atoms with van der Waals surface area (Å²) in [6, 6.07) is 16.7. The van der Waals surface area contributed by atoms with Crippen molar-refractivity contribution in [3.05, 3.63) is 72.1 Å². The van der Waals surface area contributed by atoms with Gasteiger partial charge in [0, 0.05) is 18.3 Å². The molecule has 3 N–H and O–H groups in total. The van der Waals surface area contributed by atoms with Crippen LogP contribution in [0.3, 0.4) is 0 Å². The van der Waals surface area contributed by atoms with Crippen molar-refractivity contribution in [3.63, 3.8) is 0 Å². The molecule has 0 aliphatic heterocycles. The largest absolute Gasteiger partial charge is 0.377 e. The molecule has 28 heavy (non-hydrogen) atoms. The number of primary amides is 1. The number of anilines is 1. The number of carbonyl (C=O) groups is 2. The van der Waals surface area contributed by atoms with Gasteiger partial charge in [0.25, 0.3) is 5.91 Å². The highest BCUT2D eigenvalue weighted by Crippen LogP contribution is 2.20. The van der Waals surface area contributed by atoms with Crippen molar-refractivity contribution < 1.29 is 9.59 Å². The minimum absolute atomic E-state index is 0.119. The van der Waals surface area contributed by atoms with Gasteiger partial charge in [-0.15, -0.1) is 5.10 Å². The van der Waals surface area contributed by atoms with E-state index in [0.717, 1.165) is 17.1 Å². The van der Waals surface area contributed by atoms with Crippen LogP contribution < -0.4 is 11.1 Å². The van der Waals surface area contributed by atoms with Gasteiger partial charge in [-0.05, 0) is 37.3 Å². The predicted molar refractivity (Wildman–Crippen MR) is 106 cm³/mol. The smallest absolute Gasteiger partial charge is 0.254 e. The van der Waals surface area contributed by atoms with E-state index >= 15 is 0 Å². The first kappa shape index (κ1) is 19.1. The van der Waals surface area contributed by atoms with Gasteiger partial charge < -0.3 is 16.0 Å². The lowest BCUT2D eigenvalue weighted by Gasteiger charge is -2.17.